The Balaban J connectivity index is 1.23. The summed E-state index contributed by atoms with van der Waals surface area (Å²) in [6.45, 7) is 0.107. The SMILES string of the molecule is O=C(O)CN(C(=O)C1(CNC(=O)OCC2c3ccccc3-c3ccccc32)CCCC1)C1CC1. The molecule has 3 aliphatic rings. The Hall–Kier alpha value is -3.35. The standard InChI is InChI=1S/C27H30N2O5/c30-24(31)15-29(18-11-12-18)25(32)27(13-5-6-14-27)17-28-26(33)34-16-23-21-9-3-1-7-19(21)20-8-2-4-10-22(20)23/h1-4,7-10,18,23H,5-6,11-17H2,(H,28,33)(H,30,31). The average molecular weight is 463 g/mol. The number of amides is 2. The molecule has 2 N–H and O–H groups in total. The molecule has 34 heavy (non-hydrogen) atoms. The van der Waals surface area contributed by atoms with Crippen molar-refractivity contribution in [3.05, 3.63) is 59.7 Å². The number of fused-ring (bicyclic) bond motifs is 3. The molecule has 0 spiro atoms. The smallest absolute Gasteiger partial charge is 0.407 e. The molecule has 0 aliphatic heterocycles. The third-order valence-corrected chi connectivity index (χ3v) is 7.48. The van der Waals surface area contributed by atoms with Crippen molar-refractivity contribution in [3.63, 3.8) is 0 Å². The van der Waals surface area contributed by atoms with Gasteiger partial charge in [0.2, 0.25) is 5.91 Å². The first kappa shape index (κ1) is 22.4. The lowest BCUT2D eigenvalue weighted by Gasteiger charge is -2.34. The van der Waals surface area contributed by atoms with E-state index in [-0.39, 0.29) is 37.6 Å². The van der Waals surface area contributed by atoms with Gasteiger partial charge in [0.1, 0.15) is 13.2 Å². The van der Waals surface area contributed by atoms with Crippen LogP contribution in [-0.2, 0) is 14.3 Å². The van der Waals surface area contributed by atoms with Gasteiger partial charge in [0.05, 0.1) is 5.41 Å². The van der Waals surface area contributed by atoms with Gasteiger partial charge in [0.15, 0.2) is 0 Å². The second-order valence-corrected chi connectivity index (χ2v) is 9.72. The summed E-state index contributed by atoms with van der Waals surface area (Å²) in [6, 6.07) is 16.4. The number of carboxylic acids is 1. The van der Waals surface area contributed by atoms with Crippen LogP contribution in [0.15, 0.2) is 48.5 Å². The van der Waals surface area contributed by atoms with Crippen molar-refractivity contribution >= 4 is 18.0 Å². The molecular formula is C27H30N2O5. The van der Waals surface area contributed by atoms with Gasteiger partial charge in [0.25, 0.3) is 0 Å². The molecule has 7 nitrogen and oxygen atoms in total. The monoisotopic (exact) mass is 462 g/mol. The number of hydrogen-bond acceptors (Lipinski definition) is 4. The minimum absolute atomic E-state index is 0.00975. The number of carbonyl (C=O) groups excluding carboxylic acids is 2. The van der Waals surface area contributed by atoms with E-state index in [0.29, 0.717) is 12.8 Å². The highest BCUT2D eigenvalue weighted by Crippen LogP contribution is 2.45. The molecule has 0 heterocycles. The minimum atomic E-state index is -1.00. The van der Waals surface area contributed by atoms with E-state index < -0.39 is 17.5 Å². The van der Waals surface area contributed by atoms with Gasteiger partial charge in [-0.1, -0.05) is 61.4 Å². The molecular weight excluding hydrogens is 432 g/mol. The molecule has 0 bridgehead atoms. The van der Waals surface area contributed by atoms with Crippen LogP contribution in [0.2, 0.25) is 0 Å². The van der Waals surface area contributed by atoms with Crippen LogP contribution in [0.1, 0.15) is 55.6 Å². The number of ether oxygens (including phenoxy) is 1. The van der Waals surface area contributed by atoms with E-state index in [1.165, 1.54) is 16.0 Å². The van der Waals surface area contributed by atoms with Crippen molar-refractivity contribution in [1.82, 2.24) is 10.2 Å². The van der Waals surface area contributed by atoms with Crippen LogP contribution < -0.4 is 5.32 Å². The van der Waals surface area contributed by atoms with Crippen molar-refractivity contribution in [2.75, 3.05) is 19.7 Å². The van der Waals surface area contributed by atoms with Crippen molar-refractivity contribution < 1.29 is 24.2 Å². The Morgan fingerprint density at radius 1 is 0.971 bits per heavy atom. The molecule has 178 valence electrons. The Morgan fingerprint density at radius 2 is 1.56 bits per heavy atom. The van der Waals surface area contributed by atoms with E-state index in [2.05, 4.69) is 29.6 Å². The molecule has 0 saturated heterocycles. The van der Waals surface area contributed by atoms with E-state index in [0.717, 1.165) is 36.8 Å². The fourth-order valence-corrected chi connectivity index (χ4v) is 5.61. The summed E-state index contributed by atoms with van der Waals surface area (Å²) < 4.78 is 5.64. The highest BCUT2D eigenvalue weighted by molar-refractivity contribution is 5.87. The molecule has 0 radical (unpaired) electrons. The number of benzene rings is 2. The first-order valence-corrected chi connectivity index (χ1v) is 12.1. The lowest BCUT2D eigenvalue weighted by molar-refractivity contribution is -0.150. The second kappa shape index (κ2) is 9.12. The number of nitrogens with zero attached hydrogens (tertiary/aromatic N) is 1. The summed E-state index contributed by atoms with van der Waals surface area (Å²) in [5, 5.41) is 12.1. The molecule has 7 heteroatoms. The van der Waals surface area contributed by atoms with Gasteiger partial charge < -0.3 is 20.1 Å². The Kier molecular flexibility index (Phi) is 6.02. The molecule has 2 fully saturated rings. The van der Waals surface area contributed by atoms with Crippen molar-refractivity contribution in [3.8, 4) is 11.1 Å². The van der Waals surface area contributed by atoms with Gasteiger partial charge in [-0.05, 0) is 47.9 Å². The lowest BCUT2D eigenvalue weighted by atomic mass is 9.84. The number of aliphatic carboxylic acids is 1. The van der Waals surface area contributed by atoms with Gasteiger partial charge in [0, 0.05) is 18.5 Å². The number of hydrogen-bond donors (Lipinski definition) is 2. The molecule has 0 aromatic heterocycles. The summed E-state index contributed by atoms with van der Waals surface area (Å²) in [7, 11) is 0. The van der Waals surface area contributed by atoms with Crippen LogP contribution in [-0.4, -0.2) is 53.7 Å². The zero-order valence-corrected chi connectivity index (χ0v) is 19.2. The molecule has 2 saturated carbocycles. The van der Waals surface area contributed by atoms with Crippen LogP contribution >= 0.6 is 0 Å². The Labute approximate surface area is 199 Å². The maximum Gasteiger partial charge on any atom is 0.407 e. The van der Waals surface area contributed by atoms with Gasteiger partial charge in [-0.15, -0.1) is 0 Å². The van der Waals surface area contributed by atoms with Gasteiger partial charge in [-0.2, -0.15) is 0 Å². The molecule has 0 unspecified atom stereocenters. The molecule has 3 aliphatic carbocycles. The molecule has 2 aromatic carbocycles. The summed E-state index contributed by atoms with van der Waals surface area (Å²) in [6.07, 6.45) is 4.23. The van der Waals surface area contributed by atoms with Gasteiger partial charge in [-0.3, -0.25) is 9.59 Å². The van der Waals surface area contributed by atoms with Crippen molar-refractivity contribution in [2.24, 2.45) is 5.41 Å². The quantitative estimate of drug-likeness (QED) is 0.614. The number of carbonyl (C=O) groups is 3. The molecule has 2 aromatic rings. The molecule has 2 amide bonds. The maximum absolute atomic E-state index is 13.4. The van der Waals surface area contributed by atoms with Crippen LogP contribution in [0.3, 0.4) is 0 Å². The van der Waals surface area contributed by atoms with E-state index in [1.54, 1.807) is 0 Å². The Morgan fingerprint density at radius 3 is 2.12 bits per heavy atom. The highest BCUT2D eigenvalue weighted by atomic mass is 16.5. The number of carboxylic acid groups (broad SMARTS) is 1. The first-order valence-electron chi connectivity index (χ1n) is 12.1. The summed E-state index contributed by atoms with van der Waals surface area (Å²) in [5.41, 5.74) is 3.88. The van der Waals surface area contributed by atoms with E-state index in [1.807, 2.05) is 24.3 Å². The second-order valence-electron chi connectivity index (χ2n) is 9.72. The number of alkyl carbamates (subject to hydrolysis) is 1. The zero-order valence-electron chi connectivity index (χ0n) is 19.2. The van der Waals surface area contributed by atoms with Gasteiger partial charge in [-0.25, -0.2) is 4.79 Å². The van der Waals surface area contributed by atoms with Gasteiger partial charge >= 0.3 is 12.1 Å². The first-order chi connectivity index (χ1) is 16.5. The van der Waals surface area contributed by atoms with E-state index in [4.69, 9.17) is 4.74 Å². The number of nitrogens with one attached hydrogen (secondary N) is 1. The summed E-state index contributed by atoms with van der Waals surface area (Å²) in [5.74, 6) is -1.17. The van der Waals surface area contributed by atoms with Crippen molar-refractivity contribution in [2.45, 2.75) is 50.5 Å². The number of rotatable bonds is 8. The third-order valence-electron chi connectivity index (χ3n) is 7.48. The zero-order chi connectivity index (χ0) is 23.7. The third kappa shape index (κ3) is 4.27. The summed E-state index contributed by atoms with van der Waals surface area (Å²) >= 11 is 0. The largest absolute Gasteiger partial charge is 0.480 e. The fourth-order valence-electron chi connectivity index (χ4n) is 5.61. The molecule has 0 atom stereocenters. The normalized spacial score (nSPS) is 18.1. The van der Waals surface area contributed by atoms with E-state index in [9.17, 15) is 19.5 Å². The lowest BCUT2D eigenvalue weighted by Crippen LogP contribution is -2.51. The minimum Gasteiger partial charge on any atom is -0.480 e. The van der Waals surface area contributed by atoms with Crippen LogP contribution in [0.4, 0.5) is 4.79 Å². The van der Waals surface area contributed by atoms with Crippen LogP contribution in [0, 0.1) is 5.41 Å². The van der Waals surface area contributed by atoms with Crippen LogP contribution in [0.5, 0.6) is 0 Å². The maximum atomic E-state index is 13.4. The highest BCUT2D eigenvalue weighted by Gasteiger charge is 2.47. The Bertz CT molecular complexity index is 1060. The topological polar surface area (TPSA) is 95.9 Å². The molecule has 5 rings (SSSR count). The van der Waals surface area contributed by atoms with E-state index >= 15 is 0 Å². The predicted molar refractivity (Wildman–Crippen MR) is 126 cm³/mol. The fraction of sp³-hybridized carbons (Fsp3) is 0.444. The average Bonchev–Trinajstić information content (AvgIpc) is 3.48. The van der Waals surface area contributed by atoms with Crippen LogP contribution in [0.25, 0.3) is 11.1 Å². The summed E-state index contributed by atoms with van der Waals surface area (Å²) in [4.78, 5) is 38.9. The van der Waals surface area contributed by atoms with Crippen molar-refractivity contribution in [1.29, 1.82) is 0 Å². The predicted octanol–water partition coefficient (Wildman–Crippen LogP) is 4.16.